The van der Waals surface area contributed by atoms with Crippen molar-refractivity contribution in [3.8, 4) is 0 Å². The van der Waals surface area contributed by atoms with Crippen LogP contribution >= 0.6 is 0 Å². The molecule has 1 aromatic rings. The highest BCUT2D eigenvalue weighted by atomic mass is 16.2. The molecule has 0 aromatic heterocycles. The smallest absolute Gasteiger partial charge is 0.253 e. The number of benzene rings is 1. The average Bonchev–Trinajstić information content (AvgIpc) is 2.61. The molecular formula is C17H23N3O3. The molecule has 0 spiro atoms. The minimum Gasteiger partial charge on any atom is -0.350 e. The molecule has 1 unspecified atom stereocenters. The van der Waals surface area contributed by atoms with Gasteiger partial charge in [0, 0.05) is 43.3 Å². The standard InChI is InChI=1S/C17H23N3O3/c1-3-13(2)18-16(22)14-4-6-15(7-5-14)17(23)20-10-8-19(12-21)9-11-20/h4-7,12-13H,3,8-11H2,1-2H3,(H,18,22). The van der Waals surface area contributed by atoms with Crippen LogP contribution in [-0.4, -0.2) is 60.2 Å². The number of hydrogen-bond donors (Lipinski definition) is 1. The van der Waals surface area contributed by atoms with E-state index in [-0.39, 0.29) is 17.9 Å². The van der Waals surface area contributed by atoms with Gasteiger partial charge in [0.1, 0.15) is 0 Å². The summed E-state index contributed by atoms with van der Waals surface area (Å²) in [5, 5.41) is 2.90. The van der Waals surface area contributed by atoms with E-state index < -0.39 is 0 Å². The fraction of sp³-hybridized carbons (Fsp3) is 0.471. The lowest BCUT2D eigenvalue weighted by Gasteiger charge is -2.32. The minimum absolute atomic E-state index is 0.0653. The quantitative estimate of drug-likeness (QED) is 0.828. The van der Waals surface area contributed by atoms with E-state index in [2.05, 4.69) is 5.32 Å². The van der Waals surface area contributed by atoms with Gasteiger partial charge in [0.2, 0.25) is 6.41 Å². The Kier molecular flexibility index (Phi) is 5.73. The normalized spacial score (nSPS) is 15.9. The van der Waals surface area contributed by atoms with Crippen LogP contribution in [0.5, 0.6) is 0 Å². The number of carbonyl (C=O) groups excluding carboxylic acids is 3. The van der Waals surface area contributed by atoms with E-state index in [4.69, 9.17) is 0 Å². The third-order valence-electron chi connectivity index (χ3n) is 4.13. The second-order valence-corrected chi connectivity index (χ2v) is 5.79. The zero-order valence-corrected chi connectivity index (χ0v) is 13.6. The molecule has 0 aliphatic carbocycles. The Bertz CT molecular complexity index is 563. The van der Waals surface area contributed by atoms with Crippen molar-refractivity contribution in [2.75, 3.05) is 26.2 Å². The molecule has 1 aliphatic rings. The molecule has 1 heterocycles. The Morgan fingerprint density at radius 1 is 1.13 bits per heavy atom. The van der Waals surface area contributed by atoms with Gasteiger partial charge in [0.25, 0.3) is 11.8 Å². The highest BCUT2D eigenvalue weighted by Crippen LogP contribution is 2.10. The summed E-state index contributed by atoms with van der Waals surface area (Å²) in [5.74, 6) is -0.192. The Morgan fingerprint density at radius 2 is 1.70 bits per heavy atom. The van der Waals surface area contributed by atoms with Gasteiger partial charge in [-0.3, -0.25) is 14.4 Å². The number of piperazine rings is 1. The van der Waals surface area contributed by atoms with E-state index in [1.807, 2.05) is 13.8 Å². The lowest BCUT2D eigenvalue weighted by atomic mass is 10.1. The number of hydrogen-bond acceptors (Lipinski definition) is 3. The van der Waals surface area contributed by atoms with Crippen molar-refractivity contribution < 1.29 is 14.4 Å². The Balaban J connectivity index is 1.97. The molecule has 1 atom stereocenters. The molecule has 3 amide bonds. The van der Waals surface area contributed by atoms with Crippen LogP contribution in [0, 0.1) is 0 Å². The molecule has 6 nitrogen and oxygen atoms in total. The summed E-state index contributed by atoms with van der Waals surface area (Å²) in [5.41, 5.74) is 1.11. The second kappa shape index (κ2) is 7.76. The number of amides is 3. The van der Waals surface area contributed by atoms with Gasteiger partial charge in [-0.1, -0.05) is 6.92 Å². The van der Waals surface area contributed by atoms with Crippen LogP contribution in [-0.2, 0) is 4.79 Å². The molecule has 1 fully saturated rings. The van der Waals surface area contributed by atoms with E-state index in [1.165, 1.54) is 0 Å². The van der Waals surface area contributed by atoms with E-state index in [0.717, 1.165) is 12.8 Å². The highest BCUT2D eigenvalue weighted by Gasteiger charge is 2.21. The largest absolute Gasteiger partial charge is 0.350 e. The zero-order chi connectivity index (χ0) is 16.8. The monoisotopic (exact) mass is 317 g/mol. The van der Waals surface area contributed by atoms with Crippen LogP contribution in [0.3, 0.4) is 0 Å². The maximum atomic E-state index is 12.4. The Morgan fingerprint density at radius 3 is 2.22 bits per heavy atom. The van der Waals surface area contributed by atoms with Gasteiger partial charge in [-0.05, 0) is 37.6 Å². The first-order chi connectivity index (χ1) is 11.0. The van der Waals surface area contributed by atoms with Gasteiger partial charge in [-0.2, -0.15) is 0 Å². The number of carbonyl (C=O) groups is 3. The predicted octanol–water partition coefficient (Wildman–Crippen LogP) is 1.13. The molecule has 2 rings (SSSR count). The molecule has 6 heteroatoms. The van der Waals surface area contributed by atoms with Gasteiger partial charge in [-0.25, -0.2) is 0 Å². The van der Waals surface area contributed by atoms with Crippen LogP contribution in [0.25, 0.3) is 0 Å². The molecule has 1 aromatic carbocycles. The summed E-state index contributed by atoms with van der Waals surface area (Å²) >= 11 is 0. The van der Waals surface area contributed by atoms with Gasteiger partial charge in [0.05, 0.1) is 0 Å². The minimum atomic E-state index is -0.127. The zero-order valence-electron chi connectivity index (χ0n) is 13.6. The van der Waals surface area contributed by atoms with Crippen LogP contribution in [0.15, 0.2) is 24.3 Å². The maximum absolute atomic E-state index is 12.4. The van der Waals surface area contributed by atoms with E-state index in [0.29, 0.717) is 37.3 Å². The molecule has 1 saturated heterocycles. The van der Waals surface area contributed by atoms with E-state index >= 15 is 0 Å². The maximum Gasteiger partial charge on any atom is 0.253 e. The first-order valence-corrected chi connectivity index (χ1v) is 7.94. The fourth-order valence-electron chi connectivity index (χ4n) is 2.39. The molecule has 1 N–H and O–H groups in total. The SMILES string of the molecule is CCC(C)NC(=O)c1ccc(C(=O)N2CCN(C=O)CC2)cc1. The summed E-state index contributed by atoms with van der Waals surface area (Å²) in [6.07, 6.45) is 1.68. The van der Waals surface area contributed by atoms with Crippen LogP contribution in [0.1, 0.15) is 41.0 Å². The molecular weight excluding hydrogens is 294 g/mol. The molecule has 0 bridgehead atoms. The average molecular weight is 317 g/mol. The van der Waals surface area contributed by atoms with Crippen LogP contribution in [0.2, 0.25) is 0 Å². The number of rotatable bonds is 5. The van der Waals surface area contributed by atoms with Crippen molar-refractivity contribution in [1.29, 1.82) is 0 Å². The lowest BCUT2D eigenvalue weighted by molar-refractivity contribution is -0.119. The van der Waals surface area contributed by atoms with E-state index in [9.17, 15) is 14.4 Å². The summed E-state index contributed by atoms with van der Waals surface area (Å²) in [4.78, 5) is 38.5. The summed E-state index contributed by atoms with van der Waals surface area (Å²) in [6, 6.07) is 6.83. The summed E-state index contributed by atoms with van der Waals surface area (Å²) < 4.78 is 0. The number of nitrogens with one attached hydrogen (secondary N) is 1. The highest BCUT2D eigenvalue weighted by molar-refractivity contribution is 5.98. The van der Waals surface area contributed by atoms with Crippen LogP contribution < -0.4 is 5.32 Å². The second-order valence-electron chi connectivity index (χ2n) is 5.79. The lowest BCUT2D eigenvalue weighted by Crippen LogP contribution is -2.48. The van der Waals surface area contributed by atoms with E-state index in [1.54, 1.807) is 34.1 Å². The molecule has 0 saturated carbocycles. The van der Waals surface area contributed by atoms with Gasteiger partial charge >= 0.3 is 0 Å². The Hall–Kier alpha value is -2.37. The molecule has 1 aliphatic heterocycles. The summed E-state index contributed by atoms with van der Waals surface area (Å²) in [7, 11) is 0. The van der Waals surface area contributed by atoms with Crippen molar-refractivity contribution >= 4 is 18.2 Å². The molecule has 124 valence electrons. The third-order valence-corrected chi connectivity index (χ3v) is 4.13. The van der Waals surface area contributed by atoms with Gasteiger partial charge in [-0.15, -0.1) is 0 Å². The van der Waals surface area contributed by atoms with Gasteiger partial charge in [0.15, 0.2) is 0 Å². The van der Waals surface area contributed by atoms with Crippen LogP contribution in [0.4, 0.5) is 0 Å². The third kappa shape index (κ3) is 4.31. The van der Waals surface area contributed by atoms with Crippen molar-refractivity contribution in [2.45, 2.75) is 26.3 Å². The first kappa shape index (κ1) is 17.0. The topological polar surface area (TPSA) is 69.7 Å². The van der Waals surface area contributed by atoms with Crippen molar-refractivity contribution in [1.82, 2.24) is 15.1 Å². The van der Waals surface area contributed by atoms with Crippen molar-refractivity contribution in [3.05, 3.63) is 35.4 Å². The molecule has 0 radical (unpaired) electrons. The van der Waals surface area contributed by atoms with Crippen molar-refractivity contribution in [3.63, 3.8) is 0 Å². The Labute approximate surface area is 136 Å². The molecule has 23 heavy (non-hydrogen) atoms. The predicted molar refractivity (Wildman–Crippen MR) is 87.2 cm³/mol. The summed E-state index contributed by atoms with van der Waals surface area (Å²) in [6.45, 7) is 6.16. The van der Waals surface area contributed by atoms with Gasteiger partial charge < -0.3 is 15.1 Å². The first-order valence-electron chi connectivity index (χ1n) is 7.94. The van der Waals surface area contributed by atoms with Crippen molar-refractivity contribution in [2.24, 2.45) is 0 Å². The fourth-order valence-corrected chi connectivity index (χ4v) is 2.39. The number of nitrogens with zero attached hydrogens (tertiary/aromatic N) is 2.